The maximum atomic E-state index is 12.2. The lowest BCUT2D eigenvalue weighted by atomic mass is 9.87. The summed E-state index contributed by atoms with van der Waals surface area (Å²) in [6.45, 7) is 10.9. The average Bonchev–Trinajstić information content (AvgIpc) is 3.43. The highest BCUT2D eigenvalue weighted by Gasteiger charge is 2.58. The summed E-state index contributed by atoms with van der Waals surface area (Å²) in [4.78, 5) is 16.4. The average molecular weight is 515 g/mol. The summed E-state index contributed by atoms with van der Waals surface area (Å²) in [5.74, 6) is 1.36. The van der Waals surface area contributed by atoms with Gasteiger partial charge in [-0.2, -0.15) is 5.10 Å². The van der Waals surface area contributed by atoms with E-state index in [1.165, 1.54) is 6.33 Å². The highest BCUT2D eigenvalue weighted by molar-refractivity contribution is 5.87. The van der Waals surface area contributed by atoms with Crippen LogP contribution in [0.4, 0.5) is 0 Å². The van der Waals surface area contributed by atoms with Crippen LogP contribution in [0, 0.1) is 11.8 Å². The fraction of sp³-hybridized carbons (Fsp3) is 0.679. The van der Waals surface area contributed by atoms with Gasteiger partial charge in [-0.05, 0) is 44.6 Å². The van der Waals surface area contributed by atoms with Crippen molar-refractivity contribution >= 4 is 5.91 Å². The molecule has 1 aromatic heterocycles. The van der Waals surface area contributed by atoms with Crippen LogP contribution >= 0.6 is 0 Å². The predicted molar refractivity (Wildman–Crippen MR) is 140 cm³/mol. The molecule has 3 saturated heterocycles. The molecule has 37 heavy (non-hydrogen) atoms. The number of hydrogen-bond acceptors (Lipinski definition) is 7. The van der Waals surface area contributed by atoms with Crippen LogP contribution in [0.1, 0.15) is 59.7 Å². The van der Waals surface area contributed by atoms with Crippen molar-refractivity contribution < 1.29 is 24.1 Å². The molecule has 0 bridgehead atoms. The molecular weight excluding hydrogens is 472 g/mol. The second kappa shape index (κ2) is 12.0. The summed E-state index contributed by atoms with van der Waals surface area (Å²) in [5.41, 5.74) is 0.560. The van der Waals surface area contributed by atoms with Crippen LogP contribution in [-0.2, 0) is 25.4 Å². The molecule has 0 aromatic carbocycles. The highest BCUT2D eigenvalue weighted by Crippen LogP contribution is 2.43. The third-order valence-corrected chi connectivity index (χ3v) is 7.57. The molecule has 204 valence electrons. The van der Waals surface area contributed by atoms with Crippen molar-refractivity contribution in [3.05, 3.63) is 48.1 Å². The Morgan fingerprint density at radius 2 is 2.11 bits per heavy atom. The number of ether oxygens (including phenoxy) is 3. The van der Waals surface area contributed by atoms with E-state index in [2.05, 4.69) is 33.5 Å². The standard InChI is InChI=1S/C28H42N4O5/c1-17(2)6-11-26(33)31-22-12-19(4)23(36-20(22)5)9-7-18(3)8-10-24-27(34)28(15-35-28)14-21(37-24)13-25-29-16-30-32-25/h6-8,10-11,16-17,19-24,27,34H,9,12-15H2,1-5H3,(H,31,33)(H,29,30,32)/b10-8+,11-6-,18-7+/t19-,20+,21+,22+,23-,24+,27+,28+/m0/s1. The fourth-order valence-corrected chi connectivity index (χ4v) is 5.19. The van der Waals surface area contributed by atoms with Gasteiger partial charge < -0.3 is 24.6 Å². The Labute approximate surface area is 219 Å². The van der Waals surface area contributed by atoms with Crippen LogP contribution in [0.5, 0.6) is 0 Å². The van der Waals surface area contributed by atoms with E-state index >= 15 is 0 Å². The summed E-state index contributed by atoms with van der Waals surface area (Å²) >= 11 is 0. The number of aliphatic hydroxyl groups excluding tert-OH is 1. The van der Waals surface area contributed by atoms with E-state index in [0.29, 0.717) is 31.3 Å². The van der Waals surface area contributed by atoms with Gasteiger partial charge in [0.05, 0.1) is 31.0 Å². The van der Waals surface area contributed by atoms with Gasteiger partial charge in [0.15, 0.2) is 0 Å². The van der Waals surface area contributed by atoms with Crippen molar-refractivity contribution in [3.63, 3.8) is 0 Å². The number of amides is 1. The molecule has 8 atom stereocenters. The van der Waals surface area contributed by atoms with Crippen LogP contribution in [0.25, 0.3) is 0 Å². The molecule has 1 aromatic rings. The Balaban J connectivity index is 1.29. The van der Waals surface area contributed by atoms with Crippen molar-refractivity contribution in [1.29, 1.82) is 0 Å². The van der Waals surface area contributed by atoms with Gasteiger partial charge >= 0.3 is 0 Å². The van der Waals surface area contributed by atoms with E-state index in [1.807, 2.05) is 45.9 Å². The third kappa shape index (κ3) is 7.37. The lowest BCUT2D eigenvalue weighted by Gasteiger charge is -2.39. The van der Waals surface area contributed by atoms with E-state index in [-0.39, 0.29) is 30.3 Å². The second-order valence-corrected chi connectivity index (χ2v) is 11.2. The lowest BCUT2D eigenvalue weighted by Crippen LogP contribution is -2.50. The van der Waals surface area contributed by atoms with Gasteiger partial charge in [-0.25, -0.2) is 4.98 Å². The van der Waals surface area contributed by atoms with Crippen molar-refractivity contribution in [2.75, 3.05) is 6.61 Å². The summed E-state index contributed by atoms with van der Waals surface area (Å²) in [5, 5.41) is 20.7. The summed E-state index contributed by atoms with van der Waals surface area (Å²) < 4.78 is 18.2. The molecule has 1 spiro atoms. The second-order valence-electron chi connectivity index (χ2n) is 11.2. The predicted octanol–water partition coefficient (Wildman–Crippen LogP) is 3.04. The maximum absolute atomic E-state index is 12.2. The number of nitrogens with one attached hydrogen (secondary N) is 2. The first-order chi connectivity index (χ1) is 17.6. The zero-order chi connectivity index (χ0) is 26.6. The summed E-state index contributed by atoms with van der Waals surface area (Å²) in [6, 6.07) is 0.00680. The zero-order valence-corrected chi connectivity index (χ0v) is 22.6. The minimum Gasteiger partial charge on any atom is -0.387 e. The van der Waals surface area contributed by atoms with Crippen LogP contribution in [-0.4, -0.2) is 75.0 Å². The van der Waals surface area contributed by atoms with Gasteiger partial charge in [0, 0.05) is 12.8 Å². The number of carbonyl (C=O) groups is 1. The molecule has 0 radical (unpaired) electrons. The molecule has 9 heteroatoms. The van der Waals surface area contributed by atoms with E-state index < -0.39 is 17.8 Å². The van der Waals surface area contributed by atoms with Gasteiger partial charge in [0.25, 0.3) is 0 Å². The number of rotatable bonds is 9. The fourth-order valence-electron chi connectivity index (χ4n) is 5.19. The maximum Gasteiger partial charge on any atom is 0.243 e. The summed E-state index contributed by atoms with van der Waals surface area (Å²) in [7, 11) is 0. The largest absolute Gasteiger partial charge is 0.387 e. The third-order valence-electron chi connectivity index (χ3n) is 7.57. The molecule has 4 heterocycles. The number of aromatic nitrogens is 3. The zero-order valence-electron chi connectivity index (χ0n) is 22.6. The number of nitrogens with zero attached hydrogens (tertiary/aromatic N) is 2. The monoisotopic (exact) mass is 514 g/mol. The minimum absolute atomic E-state index is 0.00680. The van der Waals surface area contributed by atoms with E-state index in [4.69, 9.17) is 14.2 Å². The lowest BCUT2D eigenvalue weighted by molar-refractivity contribution is -0.132. The molecular formula is C28H42N4O5. The number of hydrogen-bond donors (Lipinski definition) is 3. The van der Waals surface area contributed by atoms with Crippen molar-refractivity contribution in [2.24, 2.45) is 11.8 Å². The molecule has 4 rings (SSSR count). The molecule has 0 aliphatic carbocycles. The van der Waals surface area contributed by atoms with E-state index in [0.717, 1.165) is 24.2 Å². The van der Waals surface area contributed by atoms with Crippen molar-refractivity contribution in [3.8, 4) is 0 Å². The Kier molecular flexibility index (Phi) is 9.00. The van der Waals surface area contributed by atoms with Crippen molar-refractivity contribution in [1.82, 2.24) is 20.5 Å². The molecule has 3 N–H and O–H groups in total. The number of epoxide rings is 1. The Morgan fingerprint density at radius 1 is 1.32 bits per heavy atom. The van der Waals surface area contributed by atoms with Crippen LogP contribution < -0.4 is 5.32 Å². The van der Waals surface area contributed by atoms with Crippen LogP contribution in [0.3, 0.4) is 0 Å². The van der Waals surface area contributed by atoms with Crippen molar-refractivity contribution in [2.45, 2.75) is 102 Å². The smallest absolute Gasteiger partial charge is 0.243 e. The molecule has 9 nitrogen and oxygen atoms in total. The minimum atomic E-state index is -0.701. The van der Waals surface area contributed by atoms with Crippen LogP contribution in [0.15, 0.2) is 42.3 Å². The van der Waals surface area contributed by atoms with E-state index in [1.54, 1.807) is 6.08 Å². The topological polar surface area (TPSA) is 122 Å². The Morgan fingerprint density at radius 3 is 2.78 bits per heavy atom. The molecule has 1 amide bonds. The van der Waals surface area contributed by atoms with Gasteiger partial charge in [-0.15, -0.1) is 0 Å². The molecule has 3 aliphatic heterocycles. The van der Waals surface area contributed by atoms with Crippen LogP contribution in [0.2, 0.25) is 0 Å². The van der Waals surface area contributed by atoms with E-state index in [9.17, 15) is 9.90 Å². The quantitative estimate of drug-likeness (QED) is 0.263. The normalized spacial score (nSPS) is 36.6. The molecule has 3 aliphatic rings. The van der Waals surface area contributed by atoms with Gasteiger partial charge in [0.2, 0.25) is 5.91 Å². The van der Waals surface area contributed by atoms with Gasteiger partial charge in [0.1, 0.15) is 30.0 Å². The summed E-state index contributed by atoms with van der Waals surface area (Å²) in [6.07, 6.45) is 12.8. The SMILES string of the molecule is CC(/C=C/[C@H]1O[C@H](Cc2ncn[nH]2)C[C@@]2(CO2)[C@@H]1O)=C\C[C@@H]1O[C@H](C)[C@H](NC(=O)/C=C\C(C)C)C[C@@H]1C. The first-order valence-electron chi connectivity index (χ1n) is 13.5. The first-order valence-corrected chi connectivity index (χ1v) is 13.5. The Hall–Kier alpha value is -2.33. The van der Waals surface area contributed by atoms with Gasteiger partial charge in [-0.1, -0.05) is 50.6 Å². The number of aromatic amines is 1. The molecule has 0 unspecified atom stereocenters. The molecule has 3 fully saturated rings. The highest BCUT2D eigenvalue weighted by atomic mass is 16.6. The number of aliphatic hydroxyl groups is 1. The molecule has 0 saturated carbocycles. The van der Waals surface area contributed by atoms with Gasteiger partial charge in [-0.3, -0.25) is 9.89 Å². The number of carbonyl (C=O) groups excluding carboxylic acids is 1. The Bertz CT molecular complexity index is 985. The number of H-pyrrole nitrogens is 1. The number of allylic oxidation sites excluding steroid dienone is 3. The first kappa shape index (κ1) is 27.7.